The number of rotatable bonds is 5. The van der Waals surface area contributed by atoms with Crippen molar-refractivity contribution >= 4 is 21.6 Å². The Hall–Kier alpha value is -1.14. The minimum absolute atomic E-state index is 0.00496. The summed E-state index contributed by atoms with van der Waals surface area (Å²) in [4.78, 5) is 10.8. The maximum Gasteiger partial charge on any atom is 0.276 e. The molecule has 1 aliphatic rings. The Morgan fingerprint density at radius 1 is 1.53 bits per heavy atom. The van der Waals surface area contributed by atoms with Gasteiger partial charge in [-0.3, -0.25) is 10.1 Å². The molecule has 3 unspecified atom stereocenters. The number of hydrogen-bond acceptors (Lipinski definition) is 4. The highest BCUT2D eigenvalue weighted by Gasteiger charge is 2.42. The average molecular weight is 330 g/mol. The molecule has 5 nitrogen and oxygen atoms in total. The van der Waals surface area contributed by atoms with Gasteiger partial charge in [0.05, 0.1) is 11.0 Å². The van der Waals surface area contributed by atoms with Crippen LogP contribution in [0.4, 0.5) is 5.69 Å². The number of halogens is 1. The van der Waals surface area contributed by atoms with Crippen LogP contribution in [0.2, 0.25) is 0 Å². The second-order valence-corrected chi connectivity index (χ2v) is 5.71. The summed E-state index contributed by atoms with van der Waals surface area (Å²) in [6.07, 6.45) is 0.795. The molecule has 0 heterocycles. The lowest BCUT2D eigenvalue weighted by Crippen LogP contribution is -2.52. The molecule has 0 saturated heterocycles. The van der Waals surface area contributed by atoms with E-state index < -0.39 is 4.92 Å². The van der Waals surface area contributed by atoms with Crippen molar-refractivity contribution in [1.82, 2.24) is 0 Å². The molecule has 19 heavy (non-hydrogen) atoms. The monoisotopic (exact) mass is 329 g/mol. The predicted molar refractivity (Wildman–Crippen MR) is 75.0 cm³/mol. The molecule has 1 aliphatic carbocycles. The number of hydrogen-bond donors (Lipinski definition) is 0. The van der Waals surface area contributed by atoms with E-state index in [0.29, 0.717) is 17.9 Å². The van der Waals surface area contributed by atoms with Gasteiger partial charge in [-0.25, -0.2) is 0 Å². The lowest BCUT2D eigenvalue weighted by Gasteiger charge is -2.40. The Morgan fingerprint density at radius 3 is 2.84 bits per heavy atom. The molecule has 0 N–H and O–H groups in total. The van der Waals surface area contributed by atoms with Gasteiger partial charge in [0.25, 0.3) is 5.69 Å². The molecule has 0 bridgehead atoms. The van der Waals surface area contributed by atoms with Crippen molar-refractivity contribution in [2.24, 2.45) is 0 Å². The van der Waals surface area contributed by atoms with Crippen molar-refractivity contribution in [3.8, 4) is 5.75 Å². The molecule has 0 spiro atoms. The van der Waals surface area contributed by atoms with E-state index in [4.69, 9.17) is 9.47 Å². The fourth-order valence-electron chi connectivity index (χ4n) is 2.08. The highest BCUT2D eigenvalue weighted by molar-refractivity contribution is 9.09. The van der Waals surface area contributed by atoms with Gasteiger partial charge in [0.15, 0.2) is 0 Å². The molecule has 0 amide bonds. The second-order valence-electron chi connectivity index (χ2n) is 4.53. The largest absolute Gasteiger partial charge is 0.487 e. The highest BCUT2D eigenvalue weighted by atomic mass is 79.9. The Bertz CT molecular complexity index is 480. The first-order valence-electron chi connectivity index (χ1n) is 6.20. The van der Waals surface area contributed by atoms with E-state index in [1.807, 2.05) is 6.92 Å². The average Bonchev–Trinajstić information content (AvgIpc) is 2.37. The van der Waals surface area contributed by atoms with Gasteiger partial charge in [-0.1, -0.05) is 15.9 Å². The predicted octanol–water partition coefficient (Wildman–Crippen LogP) is 3.22. The van der Waals surface area contributed by atoms with Crippen LogP contribution in [0.25, 0.3) is 0 Å². The Morgan fingerprint density at radius 2 is 2.26 bits per heavy atom. The van der Waals surface area contributed by atoms with Crippen LogP contribution in [0.5, 0.6) is 5.75 Å². The van der Waals surface area contributed by atoms with Crippen LogP contribution < -0.4 is 4.74 Å². The first-order valence-corrected chi connectivity index (χ1v) is 7.12. The van der Waals surface area contributed by atoms with E-state index in [9.17, 15) is 10.1 Å². The first-order chi connectivity index (χ1) is 9.02. The molecule has 0 aliphatic heterocycles. The molecule has 1 aromatic carbocycles. The molecule has 1 fully saturated rings. The van der Waals surface area contributed by atoms with Crippen LogP contribution in [0.3, 0.4) is 0 Å². The summed E-state index contributed by atoms with van der Waals surface area (Å²) in [5.41, 5.74) is 0.714. The van der Waals surface area contributed by atoms with Crippen LogP contribution in [-0.2, 0) is 4.74 Å². The molecule has 0 radical (unpaired) electrons. The standard InChI is InChI=1S/C13H16BrNO4/c1-3-18-13-10(14)7-12(13)19-9-5-4-8(2)11(6-9)15(16)17/h4-6,10,12-13H,3,7H2,1-2H3. The third-order valence-electron chi connectivity index (χ3n) is 3.20. The van der Waals surface area contributed by atoms with Crippen LogP contribution in [-0.4, -0.2) is 28.6 Å². The van der Waals surface area contributed by atoms with Crippen molar-refractivity contribution in [2.75, 3.05) is 6.61 Å². The quantitative estimate of drug-likeness (QED) is 0.472. The zero-order chi connectivity index (χ0) is 14.0. The number of alkyl halides is 1. The zero-order valence-electron chi connectivity index (χ0n) is 10.8. The molecular formula is C13H16BrNO4. The summed E-state index contributed by atoms with van der Waals surface area (Å²) >= 11 is 3.52. The fourth-order valence-corrected chi connectivity index (χ4v) is 2.94. The van der Waals surface area contributed by atoms with E-state index in [0.717, 1.165) is 6.42 Å². The van der Waals surface area contributed by atoms with Gasteiger partial charge in [-0.05, 0) is 26.0 Å². The Balaban J connectivity index is 2.07. The minimum atomic E-state index is -0.393. The van der Waals surface area contributed by atoms with E-state index in [1.165, 1.54) is 6.07 Å². The summed E-state index contributed by atoms with van der Waals surface area (Å²) in [6, 6.07) is 4.93. The number of aryl methyl sites for hydroxylation is 1. The van der Waals surface area contributed by atoms with E-state index in [-0.39, 0.29) is 22.7 Å². The van der Waals surface area contributed by atoms with E-state index >= 15 is 0 Å². The van der Waals surface area contributed by atoms with Crippen molar-refractivity contribution in [3.05, 3.63) is 33.9 Å². The minimum Gasteiger partial charge on any atom is -0.487 e. The van der Waals surface area contributed by atoms with E-state index in [2.05, 4.69) is 15.9 Å². The van der Waals surface area contributed by atoms with Crippen LogP contribution in [0.15, 0.2) is 18.2 Å². The lowest BCUT2D eigenvalue weighted by atomic mass is 9.91. The first kappa shape index (κ1) is 14.3. The molecule has 1 aromatic rings. The Labute approximate surface area is 120 Å². The third kappa shape index (κ3) is 3.06. The fraction of sp³-hybridized carbons (Fsp3) is 0.538. The topological polar surface area (TPSA) is 61.6 Å². The number of ether oxygens (including phenoxy) is 2. The smallest absolute Gasteiger partial charge is 0.276 e. The van der Waals surface area contributed by atoms with Gasteiger partial charge in [-0.2, -0.15) is 0 Å². The molecule has 3 atom stereocenters. The molecule has 6 heteroatoms. The maximum absolute atomic E-state index is 10.9. The van der Waals surface area contributed by atoms with Crippen molar-refractivity contribution in [2.45, 2.75) is 37.3 Å². The van der Waals surface area contributed by atoms with Crippen LogP contribution >= 0.6 is 15.9 Å². The second kappa shape index (κ2) is 5.88. The summed E-state index contributed by atoms with van der Waals surface area (Å²) in [5, 5.41) is 10.9. The van der Waals surface area contributed by atoms with Gasteiger partial charge in [0, 0.05) is 23.4 Å². The van der Waals surface area contributed by atoms with E-state index in [1.54, 1.807) is 19.1 Å². The summed E-state index contributed by atoms with van der Waals surface area (Å²) < 4.78 is 11.3. The number of nitro benzene ring substituents is 1. The van der Waals surface area contributed by atoms with Gasteiger partial charge >= 0.3 is 0 Å². The molecule has 2 rings (SSSR count). The normalized spacial score (nSPS) is 25.7. The highest BCUT2D eigenvalue weighted by Crippen LogP contribution is 2.35. The number of nitro groups is 1. The van der Waals surface area contributed by atoms with Crippen molar-refractivity contribution in [1.29, 1.82) is 0 Å². The van der Waals surface area contributed by atoms with Crippen molar-refractivity contribution in [3.63, 3.8) is 0 Å². The molecule has 104 valence electrons. The third-order valence-corrected chi connectivity index (χ3v) is 4.10. The summed E-state index contributed by atoms with van der Waals surface area (Å²) in [5.74, 6) is 0.520. The summed E-state index contributed by atoms with van der Waals surface area (Å²) in [7, 11) is 0. The van der Waals surface area contributed by atoms with Crippen LogP contribution in [0, 0.1) is 17.0 Å². The van der Waals surface area contributed by atoms with Gasteiger partial charge < -0.3 is 9.47 Å². The van der Waals surface area contributed by atoms with Crippen molar-refractivity contribution < 1.29 is 14.4 Å². The molecule has 0 aromatic heterocycles. The number of nitrogens with zero attached hydrogens (tertiary/aromatic N) is 1. The maximum atomic E-state index is 10.9. The van der Waals surface area contributed by atoms with Gasteiger partial charge in [0.1, 0.15) is 18.0 Å². The molecular weight excluding hydrogens is 314 g/mol. The molecule has 1 saturated carbocycles. The lowest BCUT2D eigenvalue weighted by molar-refractivity contribution is -0.385. The Kier molecular flexibility index (Phi) is 4.42. The number of benzene rings is 1. The SMILES string of the molecule is CCOC1C(Br)CC1Oc1ccc(C)c([N+](=O)[O-])c1. The van der Waals surface area contributed by atoms with Gasteiger partial charge in [-0.15, -0.1) is 0 Å². The summed E-state index contributed by atoms with van der Waals surface area (Å²) in [6.45, 7) is 4.27. The van der Waals surface area contributed by atoms with Crippen LogP contribution in [0.1, 0.15) is 18.9 Å². The van der Waals surface area contributed by atoms with Gasteiger partial charge in [0.2, 0.25) is 0 Å². The zero-order valence-corrected chi connectivity index (χ0v) is 12.4.